The van der Waals surface area contributed by atoms with Crippen molar-refractivity contribution >= 4 is 51.6 Å². The SMILES string of the molecule is C=CCn1c(SCC(=O)Nc2sc(C)cc2C(=O)OC)nnc1C(C)Oc1ccc(Cl)c(C)c1. The first-order valence-electron chi connectivity index (χ1n) is 10.3. The van der Waals surface area contributed by atoms with Crippen LogP contribution in [0.3, 0.4) is 0 Å². The van der Waals surface area contributed by atoms with Crippen LogP contribution in [0.4, 0.5) is 5.00 Å². The van der Waals surface area contributed by atoms with Crippen LogP contribution in [0.25, 0.3) is 0 Å². The second kappa shape index (κ2) is 11.5. The Morgan fingerprint density at radius 3 is 2.76 bits per heavy atom. The molecule has 0 aliphatic rings. The van der Waals surface area contributed by atoms with E-state index in [0.717, 1.165) is 10.4 Å². The lowest BCUT2D eigenvalue weighted by molar-refractivity contribution is -0.113. The summed E-state index contributed by atoms with van der Waals surface area (Å²) < 4.78 is 12.7. The minimum Gasteiger partial charge on any atom is -0.483 e. The van der Waals surface area contributed by atoms with Crippen molar-refractivity contribution in [3.05, 3.63) is 63.8 Å². The number of amides is 1. The van der Waals surface area contributed by atoms with Crippen LogP contribution < -0.4 is 10.1 Å². The van der Waals surface area contributed by atoms with E-state index in [1.807, 2.05) is 31.4 Å². The molecular formula is C23H25ClN4O4S2. The Labute approximate surface area is 211 Å². The molecule has 1 atom stereocenters. The summed E-state index contributed by atoms with van der Waals surface area (Å²) in [7, 11) is 1.31. The molecule has 0 saturated heterocycles. The molecule has 2 aromatic heterocycles. The summed E-state index contributed by atoms with van der Waals surface area (Å²) >= 11 is 8.65. The lowest BCUT2D eigenvalue weighted by Crippen LogP contribution is -2.16. The average Bonchev–Trinajstić information content (AvgIpc) is 3.37. The normalized spacial score (nSPS) is 11.7. The van der Waals surface area contributed by atoms with Gasteiger partial charge in [0, 0.05) is 16.4 Å². The van der Waals surface area contributed by atoms with Gasteiger partial charge in [0.2, 0.25) is 5.91 Å². The van der Waals surface area contributed by atoms with Gasteiger partial charge in [0.15, 0.2) is 17.1 Å². The van der Waals surface area contributed by atoms with Crippen LogP contribution >= 0.6 is 34.7 Å². The summed E-state index contributed by atoms with van der Waals surface area (Å²) in [6.45, 7) is 9.90. The number of hydrogen-bond acceptors (Lipinski definition) is 8. The van der Waals surface area contributed by atoms with E-state index in [2.05, 4.69) is 22.1 Å². The number of thiophene rings is 1. The number of carbonyl (C=O) groups is 2. The summed E-state index contributed by atoms with van der Waals surface area (Å²) in [5.41, 5.74) is 1.25. The molecule has 8 nitrogen and oxygen atoms in total. The van der Waals surface area contributed by atoms with Gasteiger partial charge in [-0.05, 0) is 50.6 Å². The molecule has 0 saturated carbocycles. The predicted octanol–water partition coefficient (Wildman–Crippen LogP) is 5.45. The number of esters is 1. The van der Waals surface area contributed by atoms with Crippen LogP contribution in [0, 0.1) is 13.8 Å². The maximum absolute atomic E-state index is 12.6. The van der Waals surface area contributed by atoms with Gasteiger partial charge in [0.25, 0.3) is 0 Å². The fourth-order valence-corrected chi connectivity index (χ4v) is 4.91. The molecule has 3 aromatic rings. The van der Waals surface area contributed by atoms with Crippen LogP contribution in [0.2, 0.25) is 5.02 Å². The molecule has 0 radical (unpaired) electrons. The van der Waals surface area contributed by atoms with Gasteiger partial charge in [-0.15, -0.1) is 28.1 Å². The molecule has 1 amide bonds. The van der Waals surface area contributed by atoms with Crippen molar-refractivity contribution in [3.8, 4) is 5.75 Å². The first-order valence-corrected chi connectivity index (χ1v) is 12.5. The Morgan fingerprint density at radius 1 is 1.32 bits per heavy atom. The molecule has 11 heteroatoms. The maximum Gasteiger partial charge on any atom is 0.340 e. The topological polar surface area (TPSA) is 95.3 Å². The van der Waals surface area contributed by atoms with Crippen molar-refractivity contribution in [2.45, 2.75) is 38.6 Å². The number of aryl methyl sites for hydroxylation is 2. The Kier molecular flexibility index (Phi) is 8.76. The lowest BCUT2D eigenvalue weighted by atomic mass is 10.2. The van der Waals surface area contributed by atoms with Crippen LogP contribution in [0.15, 0.2) is 42.1 Å². The van der Waals surface area contributed by atoms with Gasteiger partial charge in [-0.3, -0.25) is 9.36 Å². The number of hydrogen-bond donors (Lipinski definition) is 1. The highest BCUT2D eigenvalue weighted by atomic mass is 35.5. The Bertz CT molecular complexity index is 1210. The second-order valence-corrected chi connectivity index (χ2v) is 9.95. The smallest absolute Gasteiger partial charge is 0.340 e. The van der Waals surface area contributed by atoms with E-state index in [9.17, 15) is 9.59 Å². The number of halogens is 1. The average molecular weight is 521 g/mol. The van der Waals surface area contributed by atoms with E-state index in [4.69, 9.17) is 21.1 Å². The van der Waals surface area contributed by atoms with E-state index in [1.165, 1.54) is 30.2 Å². The van der Waals surface area contributed by atoms with E-state index < -0.39 is 12.1 Å². The Hall–Kier alpha value is -2.82. The zero-order valence-electron chi connectivity index (χ0n) is 19.3. The zero-order valence-corrected chi connectivity index (χ0v) is 21.6. The highest BCUT2D eigenvalue weighted by molar-refractivity contribution is 7.99. The fourth-order valence-electron chi connectivity index (χ4n) is 3.12. The number of nitrogens with zero attached hydrogens (tertiary/aromatic N) is 3. The molecule has 0 aliphatic carbocycles. The fraction of sp³-hybridized carbons (Fsp3) is 0.304. The van der Waals surface area contributed by atoms with Crippen LogP contribution in [-0.4, -0.2) is 39.5 Å². The first-order chi connectivity index (χ1) is 16.2. The van der Waals surface area contributed by atoms with Gasteiger partial charge in [-0.1, -0.05) is 29.4 Å². The highest BCUT2D eigenvalue weighted by Crippen LogP contribution is 2.30. The molecule has 1 N–H and O–H groups in total. The molecule has 34 heavy (non-hydrogen) atoms. The number of ether oxygens (including phenoxy) is 2. The van der Waals surface area contributed by atoms with Gasteiger partial charge >= 0.3 is 5.97 Å². The maximum atomic E-state index is 12.6. The van der Waals surface area contributed by atoms with Crippen molar-refractivity contribution in [1.82, 2.24) is 14.8 Å². The molecule has 2 heterocycles. The molecule has 1 unspecified atom stereocenters. The molecule has 0 bridgehead atoms. The third kappa shape index (κ3) is 6.19. The van der Waals surface area contributed by atoms with Gasteiger partial charge < -0.3 is 14.8 Å². The molecule has 0 aliphatic heterocycles. The monoisotopic (exact) mass is 520 g/mol. The predicted molar refractivity (Wildman–Crippen MR) is 135 cm³/mol. The minimum absolute atomic E-state index is 0.0818. The van der Waals surface area contributed by atoms with E-state index in [-0.39, 0.29) is 11.7 Å². The van der Waals surface area contributed by atoms with Crippen molar-refractivity contribution in [2.75, 3.05) is 18.2 Å². The van der Waals surface area contributed by atoms with Gasteiger partial charge in [-0.25, -0.2) is 4.79 Å². The number of nitrogens with one attached hydrogen (secondary N) is 1. The minimum atomic E-state index is -0.493. The number of rotatable bonds is 10. The Balaban J connectivity index is 1.69. The molecule has 0 spiro atoms. The van der Waals surface area contributed by atoms with Gasteiger partial charge in [0.1, 0.15) is 10.8 Å². The number of carbonyl (C=O) groups excluding carboxylic acids is 2. The number of aromatic nitrogens is 3. The van der Waals surface area contributed by atoms with Crippen LogP contribution in [0.1, 0.15) is 39.7 Å². The van der Waals surface area contributed by atoms with Crippen molar-refractivity contribution < 1.29 is 19.1 Å². The number of allylic oxidation sites excluding steroid dienone is 1. The quantitative estimate of drug-likeness (QED) is 0.215. The van der Waals surface area contributed by atoms with E-state index in [1.54, 1.807) is 24.3 Å². The third-order valence-electron chi connectivity index (χ3n) is 4.71. The molecule has 180 valence electrons. The van der Waals surface area contributed by atoms with Gasteiger partial charge in [-0.2, -0.15) is 0 Å². The number of thioether (sulfide) groups is 1. The second-order valence-electron chi connectivity index (χ2n) is 7.34. The summed E-state index contributed by atoms with van der Waals surface area (Å²) in [5, 5.41) is 13.0. The largest absolute Gasteiger partial charge is 0.483 e. The van der Waals surface area contributed by atoms with Crippen molar-refractivity contribution in [1.29, 1.82) is 0 Å². The van der Waals surface area contributed by atoms with Crippen molar-refractivity contribution in [2.24, 2.45) is 0 Å². The summed E-state index contributed by atoms with van der Waals surface area (Å²) in [5.74, 6) is 0.597. The highest BCUT2D eigenvalue weighted by Gasteiger charge is 2.21. The number of benzene rings is 1. The van der Waals surface area contributed by atoms with Gasteiger partial charge in [0.05, 0.1) is 18.4 Å². The summed E-state index contributed by atoms with van der Waals surface area (Å²) in [6, 6.07) is 7.14. The molecule has 3 rings (SSSR count). The first kappa shape index (κ1) is 25.8. The van der Waals surface area contributed by atoms with Crippen LogP contribution in [-0.2, 0) is 16.1 Å². The number of methoxy groups -OCH3 is 1. The summed E-state index contributed by atoms with van der Waals surface area (Å²) in [4.78, 5) is 25.4. The molecule has 0 fully saturated rings. The molecular weight excluding hydrogens is 496 g/mol. The third-order valence-corrected chi connectivity index (χ3v) is 7.07. The van der Waals surface area contributed by atoms with E-state index in [0.29, 0.717) is 38.9 Å². The lowest BCUT2D eigenvalue weighted by Gasteiger charge is -2.16. The summed E-state index contributed by atoms with van der Waals surface area (Å²) in [6.07, 6.45) is 1.33. The number of anilines is 1. The van der Waals surface area contributed by atoms with E-state index >= 15 is 0 Å². The standard InChI is InChI=1S/C23H25ClN4O4S2/c1-6-9-28-20(15(4)32-16-7-8-18(24)13(2)10-16)26-27-23(28)33-12-19(29)25-21-17(22(30)31-5)11-14(3)34-21/h6-8,10-11,15H,1,9,12H2,2-5H3,(H,25,29). The van der Waals surface area contributed by atoms with Crippen molar-refractivity contribution in [3.63, 3.8) is 0 Å². The molecule has 1 aromatic carbocycles. The van der Waals surface area contributed by atoms with Crippen LogP contribution in [0.5, 0.6) is 5.75 Å². The zero-order chi connectivity index (χ0) is 24.8. The Morgan fingerprint density at radius 2 is 2.09 bits per heavy atom.